The number of nitrogens with zero attached hydrogens (tertiary/aromatic N) is 1. The van der Waals surface area contributed by atoms with Crippen molar-refractivity contribution < 1.29 is 44.7 Å². The average molecular weight is 439 g/mol. The number of amides is 2. The van der Waals surface area contributed by atoms with E-state index in [2.05, 4.69) is 0 Å². The normalized spacial score (nSPS) is 11.9. The van der Waals surface area contributed by atoms with Crippen LogP contribution in [0.3, 0.4) is 0 Å². The molecule has 2 amide bonds. The summed E-state index contributed by atoms with van der Waals surface area (Å²) in [5.74, 6) is -8.09. The lowest BCUT2D eigenvalue weighted by atomic mass is 10.1. The molecule has 0 aliphatic carbocycles. The van der Waals surface area contributed by atoms with Crippen molar-refractivity contribution in [3.05, 3.63) is 70.3 Å². The molecule has 0 aliphatic rings. The minimum atomic E-state index is -5.20. The first-order chi connectivity index (χ1) is 13.6. The molecule has 3 N–H and O–H groups in total. The van der Waals surface area contributed by atoms with Crippen molar-refractivity contribution in [1.82, 2.24) is 4.90 Å². The van der Waals surface area contributed by atoms with E-state index in [0.717, 1.165) is 0 Å². The van der Waals surface area contributed by atoms with Crippen LogP contribution >= 0.6 is 0 Å². The van der Waals surface area contributed by atoms with Crippen LogP contribution in [0, 0.1) is 17.0 Å². The highest BCUT2D eigenvalue weighted by molar-refractivity contribution is 6.20. The summed E-state index contributed by atoms with van der Waals surface area (Å²) in [5.41, 5.74) is -0.468. The molecule has 0 saturated carbocycles. The molecular weight excluding hydrogens is 430 g/mol. The van der Waals surface area contributed by atoms with Gasteiger partial charge in [-0.3, -0.25) is 15.0 Å². The van der Waals surface area contributed by atoms with E-state index < -0.39 is 64.0 Å². The molecule has 2 aromatic rings. The summed E-state index contributed by atoms with van der Waals surface area (Å²) in [5, 5.41) is 7.32. The van der Waals surface area contributed by atoms with Gasteiger partial charge in [-0.15, -0.1) is 0 Å². The SMILES string of the molecule is N=C(N)N(C(=O)c1ccc(F)c(C(F)(F)F)c1)C(=O)c1ccc(F)c(C(F)(F)F)c1. The molecule has 0 atom stereocenters. The lowest BCUT2D eigenvalue weighted by Crippen LogP contribution is -2.45. The van der Waals surface area contributed by atoms with Gasteiger partial charge in [-0.2, -0.15) is 26.3 Å². The van der Waals surface area contributed by atoms with Crippen LogP contribution in [0.25, 0.3) is 0 Å². The molecule has 30 heavy (non-hydrogen) atoms. The molecule has 0 unspecified atom stereocenters. The molecule has 5 nitrogen and oxygen atoms in total. The molecule has 0 heterocycles. The van der Waals surface area contributed by atoms with Gasteiger partial charge >= 0.3 is 12.4 Å². The van der Waals surface area contributed by atoms with Gasteiger partial charge < -0.3 is 5.73 Å². The second-order valence-corrected chi connectivity index (χ2v) is 5.72. The predicted molar refractivity (Wildman–Crippen MR) is 85.2 cm³/mol. The molecule has 160 valence electrons. The van der Waals surface area contributed by atoms with Crippen molar-refractivity contribution in [3.63, 3.8) is 0 Å². The number of carbonyl (C=O) groups excluding carboxylic acids is 2. The molecule has 0 aromatic heterocycles. The number of halogens is 8. The fourth-order valence-electron chi connectivity index (χ4n) is 2.32. The first kappa shape index (κ1) is 22.8. The second kappa shape index (κ2) is 7.72. The number of rotatable bonds is 2. The fraction of sp³-hybridized carbons (Fsp3) is 0.118. The Bertz CT molecular complexity index is 955. The molecule has 0 saturated heterocycles. The molecule has 0 radical (unpaired) electrons. The zero-order valence-corrected chi connectivity index (χ0v) is 14.3. The van der Waals surface area contributed by atoms with Crippen LogP contribution in [-0.2, 0) is 12.4 Å². The van der Waals surface area contributed by atoms with Gasteiger partial charge in [0, 0.05) is 11.1 Å². The first-order valence-electron chi connectivity index (χ1n) is 7.61. The third-order valence-corrected chi connectivity index (χ3v) is 3.68. The van der Waals surface area contributed by atoms with Crippen LogP contribution in [0.2, 0.25) is 0 Å². The molecule has 2 rings (SSSR count). The van der Waals surface area contributed by atoms with Crippen LogP contribution in [0.4, 0.5) is 35.1 Å². The van der Waals surface area contributed by atoms with Crippen molar-refractivity contribution in [2.75, 3.05) is 0 Å². The summed E-state index contributed by atoms with van der Waals surface area (Å²) < 4.78 is 104. The molecule has 2 aromatic carbocycles. The van der Waals surface area contributed by atoms with Crippen LogP contribution in [0.15, 0.2) is 36.4 Å². The highest BCUT2D eigenvalue weighted by Gasteiger charge is 2.37. The number of imide groups is 1. The van der Waals surface area contributed by atoms with Gasteiger partial charge in [-0.25, -0.2) is 13.7 Å². The Labute approximate surface area is 162 Å². The molecule has 0 aliphatic heterocycles. The van der Waals surface area contributed by atoms with Crippen LogP contribution in [0.1, 0.15) is 31.8 Å². The van der Waals surface area contributed by atoms with Gasteiger partial charge in [0.25, 0.3) is 11.8 Å². The van der Waals surface area contributed by atoms with Crippen molar-refractivity contribution >= 4 is 17.8 Å². The van der Waals surface area contributed by atoms with Crippen LogP contribution in [0.5, 0.6) is 0 Å². The van der Waals surface area contributed by atoms with Crippen molar-refractivity contribution in [2.45, 2.75) is 12.4 Å². The van der Waals surface area contributed by atoms with Gasteiger partial charge in [0.05, 0.1) is 11.1 Å². The average Bonchev–Trinajstić information content (AvgIpc) is 2.60. The van der Waals surface area contributed by atoms with E-state index in [-0.39, 0.29) is 29.2 Å². The van der Waals surface area contributed by atoms with Crippen LogP contribution in [-0.4, -0.2) is 22.7 Å². The quantitative estimate of drug-likeness (QED) is 0.319. The summed E-state index contributed by atoms with van der Waals surface area (Å²) >= 11 is 0. The van der Waals surface area contributed by atoms with E-state index in [1.54, 1.807) is 0 Å². The number of guanidine groups is 1. The third-order valence-electron chi connectivity index (χ3n) is 3.68. The fourth-order valence-corrected chi connectivity index (χ4v) is 2.32. The summed E-state index contributed by atoms with van der Waals surface area (Å²) in [7, 11) is 0. The van der Waals surface area contributed by atoms with E-state index in [9.17, 15) is 44.7 Å². The highest BCUT2D eigenvalue weighted by atomic mass is 19.4. The number of nitrogens with two attached hydrogens (primary N) is 1. The predicted octanol–water partition coefficient (Wildman–Crippen LogP) is 4.18. The number of carbonyl (C=O) groups is 2. The first-order valence-corrected chi connectivity index (χ1v) is 7.61. The lowest BCUT2D eigenvalue weighted by molar-refractivity contribution is -0.140. The van der Waals surface area contributed by atoms with E-state index in [4.69, 9.17) is 11.1 Å². The maximum Gasteiger partial charge on any atom is 0.419 e. The van der Waals surface area contributed by atoms with Gasteiger partial charge in [0.2, 0.25) is 5.96 Å². The number of nitrogens with one attached hydrogen (secondary N) is 1. The number of alkyl halides is 6. The summed E-state index contributed by atoms with van der Waals surface area (Å²) in [4.78, 5) is 24.6. The topological polar surface area (TPSA) is 87.2 Å². The molecule has 0 fully saturated rings. The smallest absolute Gasteiger partial charge is 0.369 e. The second-order valence-electron chi connectivity index (χ2n) is 5.72. The van der Waals surface area contributed by atoms with E-state index in [1.165, 1.54) is 0 Å². The molecule has 0 spiro atoms. The van der Waals surface area contributed by atoms with E-state index >= 15 is 0 Å². The molecular formula is C17H9F8N3O2. The Kier molecular flexibility index (Phi) is 5.86. The summed E-state index contributed by atoms with van der Waals surface area (Å²) in [6.07, 6.45) is -10.4. The number of hydrogen-bond acceptors (Lipinski definition) is 3. The third kappa shape index (κ3) is 4.55. The largest absolute Gasteiger partial charge is 0.419 e. The standard InChI is InChI=1S/C17H9F8N3O2/c18-11-3-1-7(5-9(11)16(20,21)22)13(29)28(15(26)27)14(30)8-2-4-12(19)10(6-8)17(23,24)25/h1-6H,(H3,26,27). The highest BCUT2D eigenvalue weighted by Crippen LogP contribution is 2.33. The molecule has 13 heteroatoms. The number of benzene rings is 2. The zero-order valence-electron chi connectivity index (χ0n) is 14.3. The minimum absolute atomic E-state index is 0.0483. The van der Waals surface area contributed by atoms with Gasteiger partial charge in [-0.05, 0) is 36.4 Å². The summed E-state index contributed by atoms with van der Waals surface area (Å²) in [6, 6.07) is 1.76. The monoisotopic (exact) mass is 439 g/mol. The van der Waals surface area contributed by atoms with E-state index in [1.807, 2.05) is 0 Å². The maximum absolute atomic E-state index is 13.4. The summed E-state index contributed by atoms with van der Waals surface area (Å²) in [6.45, 7) is 0. The Morgan fingerprint density at radius 2 is 1.10 bits per heavy atom. The van der Waals surface area contributed by atoms with E-state index in [0.29, 0.717) is 12.1 Å². The minimum Gasteiger partial charge on any atom is -0.369 e. The van der Waals surface area contributed by atoms with Crippen molar-refractivity contribution in [1.29, 1.82) is 5.41 Å². The Morgan fingerprint density at radius 3 is 1.37 bits per heavy atom. The Morgan fingerprint density at radius 1 is 0.767 bits per heavy atom. The van der Waals surface area contributed by atoms with Gasteiger partial charge in [0.1, 0.15) is 11.6 Å². The zero-order chi connectivity index (χ0) is 23.0. The van der Waals surface area contributed by atoms with Crippen LogP contribution < -0.4 is 5.73 Å². The number of hydrogen-bond donors (Lipinski definition) is 2. The molecule has 0 bridgehead atoms. The maximum atomic E-state index is 13.4. The van der Waals surface area contributed by atoms with Crippen molar-refractivity contribution in [3.8, 4) is 0 Å². The van der Waals surface area contributed by atoms with Gasteiger partial charge in [-0.1, -0.05) is 0 Å². The Hall–Kier alpha value is -3.51. The Balaban J connectivity index is 2.52. The van der Waals surface area contributed by atoms with Crippen molar-refractivity contribution in [2.24, 2.45) is 5.73 Å². The van der Waals surface area contributed by atoms with Gasteiger partial charge in [0.15, 0.2) is 0 Å². The lowest BCUT2D eigenvalue weighted by Gasteiger charge is -2.20.